The Morgan fingerprint density at radius 2 is 0.424 bits per heavy atom. The molecule has 0 aromatic heterocycles. The Bertz CT molecular complexity index is 4210. The zero-order valence-electron chi connectivity index (χ0n) is 72.5. The number of rotatable bonds is 38. The number of carbonyl (C=O) groups excluding carboxylic acids is 9. The zero-order valence-corrected chi connectivity index (χ0v) is 78.2. The molecule has 17 nitrogen and oxygen atoms in total. The van der Waals surface area contributed by atoms with E-state index in [0.29, 0.717) is 0 Å². The molecule has 0 saturated carbocycles. The second kappa shape index (κ2) is 41.3. The number of hydrogen-bond donors (Lipinski definition) is 6. The quantitative estimate of drug-likeness (QED) is 0.0157. The predicted octanol–water partition coefficient (Wildman–Crippen LogP) is 21.7. The van der Waals surface area contributed by atoms with E-state index < -0.39 is 55.7 Å². The summed E-state index contributed by atoms with van der Waals surface area (Å²) in [6.45, 7) is 39.7. The topological polar surface area (TPSA) is 238 Å². The molecule has 9 aromatic rings. The molecule has 0 bridgehead atoms. The Kier molecular flexibility index (Phi) is 32.9. The first-order valence-electron chi connectivity index (χ1n) is 40.9. The monoisotopic (exact) mass is 1810 g/mol. The Morgan fingerprint density at radius 3 is 0.576 bits per heavy atom. The van der Waals surface area contributed by atoms with Gasteiger partial charge in [0.25, 0.3) is 0 Å². The van der Waals surface area contributed by atoms with Crippen molar-refractivity contribution in [2.75, 3.05) is 55.2 Å². The number of anilines is 3. The van der Waals surface area contributed by atoms with Gasteiger partial charge in [0.15, 0.2) is 34.7 Å². The van der Waals surface area contributed by atoms with E-state index in [4.69, 9.17) is 0 Å². The van der Waals surface area contributed by atoms with Crippen LogP contribution < -0.4 is 31.9 Å². The number of ketones is 6. The van der Waals surface area contributed by atoms with E-state index in [2.05, 4.69) is 297 Å². The van der Waals surface area contributed by atoms with E-state index in [1.54, 1.807) is 0 Å². The molecule has 0 aliphatic carbocycles. The van der Waals surface area contributed by atoms with Crippen LogP contribution in [0.3, 0.4) is 0 Å². The molecule has 622 valence electrons. The van der Waals surface area contributed by atoms with Crippen LogP contribution in [0.1, 0.15) is 220 Å². The maximum absolute atomic E-state index is 12.7. The molecule has 0 aliphatic rings. The van der Waals surface area contributed by atoms with E-state index in [9.17, 15) is 44.6 Å². The van der Waals surface area contributed by atoms with Crippen LogP contribution in [0, 0.1) is 0 Å². The molecule has 0 unspecified atom stereocenters. The normalized spacial score (nSPS) is 12.1. The van der Waals surface area contributed by atoms with Crippen molar-refractivity contribution in [1.82, 2.24) is 20.9 Å². The average Bonchev–Trinajstić information content (AvgIpc) is 0.735. The third-order valence-electron chi connectivity index (χ3n) is 22.5. The summed E-state index contributed by atoms with van der Waals surface area (Å²) in [5.74, 6) is -1.65. The van der Waals surface area contributed by atoms with Crippen LogP contribution in [0.2, 0.25) is 26.6 Å². The summed E-state index contributed by atoms with van der Waals surface area (Å²) >= 11 is -8.23. The standard InChI is InChI=1S/C39H45N7O9.6C10H13.O.2Sn/c1-22(47)28-13-29(23(2)48)17-34(16-28)43-37(53)40-7-10-46(11-8-41-38(54)44-35-18-30(24(3)49)14-31(19-35)25(4)50)12-9-42-39(55)45-36-20-32(26(5)51)15-33(21-36)27(6)52;6*1-10(2,3)9-7-5-4-6-8-9;;;/h13-21H,7-12H2,1-6H3,(H2,40,43,53)(H2,41,44,54)(H2,42,45,55);6*4-8H,1H2,2-3H3;;;. The van der Waals surface area contributed by atoms with Crippen LogP contribution in [0.15, 0.2) is 237 Å². The fourth-order valence-electron chi connectivity index (χ4n) is 17.0. The van der Waals surface area contributed by atoms with Crippen molar-refractivity contribution < 1.29 is 44.6 Å². The second-order valence-corrected chi connectivity index (χ2v) is 59.8. The van der Waals surface area contributed by atoms with Crippen LogP contribution >= 0.6 is 0 Å². The molecule has 6 amide bonds. The first kappa shape index (κ1) is 93.8. The van der Waals surface area contributed by atoms with Gasteiger partial charge in [-0.3, -0.25) is 33.7 Å². The number of Topliss-reactive ketones (excluding diaryl/α,β-unsaturated/α-hetero) is 6. The van der Waals surface area contributed by atoms with Crippen LogP contribution in [-0.2, 0) is 33.9 Å². The molecule has 0 radical (unpaired) electrons. The van der Waals surface area contributed by atoms with Gasteiger partial charge in [0.05, 0.1) is 0 Å². The van der Waals surface area contributed by atoms with E-state index in [1.807, 2.05) is 4.90 Å². The summed E-state index contributed by atoms with van der Waals surface area (Å²) in [7, 11) is 0. The van der Waals surface area contributed by atoms with Gasteiger partial charge in [0.1, 0.15) is 0 Å². The van der Waals surface area contributed by atoms with Gasteiger partial charge in [-0.05, 0) is 96.1 Å². The third-order valence-corrected chi connectivity index (χ3v) is 67.7. The van der Waals surface area contributed by atoms with Gasteiger partial charge in [-0.15, -0.1) is 0 Å². The second-order valence-electron chi connectivity index (χ2n) is 35.7. The Morgan fingerprint density at radius 1 is 0.263 bits per heavy atom. The van der Waals surface area contributed by atoms with Crippen molar-refractivity contribution in [3.05, 3.63) is 303 Å². The Labute approximate surface area is 709 Å². The van der Waals surface area contributed by atoms with Crippen molar-refractivity contribution >= 4 is 107 Å². The molecule has 6 N–H and O–H groups in total. The summed E-state index contributed by atoms with van der Waals surface area (Å²) < 4.78 is 16.1. The number of nitrogens with one attached hydrogen (secondary N) is 6. The number of hydrogen-bond acceptors (Lipinski definition) is 11. The molecule has 19 heteroatoms. The van der Waals surface area contributed by atoms with Crippen LogP contribution in [-0.4, -0.2) is 135 Å². The zero-order chi connectivity index (χ0) is 86.4. The van der Waals surface area contributed by atoms with Gasteiger partial charge in [0.2, 0.25) is 0 Å². The fraction of sp³-hybridized carbons (Fsp3) is 0.364. The van der Waals surface area contributed by atoms with Gasteiger partial charge < -0.3 is 31.9 Å². The van der Waals surface area contributed by atoms with Crippen LogP contribution in [0.5, 0.6) is 0 Å². The number of benzene rings is 9. The first-order chi connectivity index (χ1) is 55.5. The summed E-state index contributed by atoms with van der Waals surface area (Å²) in [6, 6.07) is 79.9. The summed E-state index contributed by atoms with van der Waals surface area (Å²) in [4.78, 5) is 112. The predicted molar refractivity (Wildman–Crippen MR) is 485 cm³/mol. The van der Waals surface area contributed by atoms with E-state index in [1.165, 1.54) is 130 Å². The molecule has 118 heavy (non-hydrogen) atoms. The molecular formula is C99H123N7O10Sn2. The van der Waals surface area contributed by atoms with E-state index in [0.717, 1.165) is 26.6 Å². The van der Waals surface area contributed by atoms with E-state index >= 15 is 0 Å². The van der Waals surface area contributed by atoms with Crippen molar-refractivity contribution in [1.29, 1.82) is 0 Å². The third kappa shape index (κ3) is 27.7. The van der Waals surface area contributed by atoms with Gasteiger partial charge >= 0.3 is 415 Å². The molecule has 0 heterocycles. The minimum absolute atomic E-state index is 0.0900. The van der Waals surface area contributed by atoms with Gasteiger partial charge in [-0.2, -0.15) is 0 Å². The number of carbonyl (C=O) groups is 9. The van der Waals surface area contributed by atoms with Gasteiger partial charge in [-0.25, -0.2) is 14.4 Å². The Hall–Kier alpha value is -9.67. The maximum atomic E-state index is 12.7. The molecule has 0 aliphatic heterocycles. The molecule has 0 saturated heterocycles. The molecule has 9 aromatic carbocycles. The molecule has 0 fully saturated rings. The number of nitrogens with zero attached hydrogens (tertiary/aromatic N) is 1. The number of urea groups is 3. The van der Waals surface area contributed by atoms with Crippen LogP contribution in [0.4, 0.5) is 31.4 Å². The number of amides is 6. The Balaban J connectivity index is 0.000000297. The van der Waals surface area contributed by atoms with Crippen molar-refractivity contribution in [2.24, 2.45) is 0 Å². The van der Waals surface area contributed by atoms with Gasteiger partial charge in [-0.1, -0.05) is 0 Å². The van der Waals surface area contributed by atoms with Crippen molar-refractivity contribution in [3.63, 3.8) is 0 Å². The minimum atomic E-state index is -4.11. The van der Waals surface area contributed by atoms with Gasteiger partial charge in [0, 0.05) is 89.7 Å². The molecule has 0 atom stereocenters. The van der Waals surface area contributed by atoms with Crippen molar-refractivity contribution in [3.8, 4) is 0 Å². The summed E-state index contributed by atoms with van der Waals surface area (Å²) in [5, 5.41) is 16.0. The van der Waals surface area contributed by atoms with Crippen molar-refractivity contribution in [2.45, 2.75) is 184 Å². The summed E-state index contributed by atoms with van der Waals surface area (Å²) in [6.07, 6.45) is 0. The molecule has 9 rings (SSSR count). The fourth-order valence-corrected chi connectivity index (χ4v) is 80.0. The first-order valence-corrected chi connectivity index (χ1v) is 55.3. The SMILES string of the molecule is CC(=O)c1cc(NC(=O)NCCN(CCNC(=O)Nc2cc(C(C)=O)cc(C(C)=O)c2)CCNC(=O)Nc2cc(C(C)=O)cc(C(C)=O)c2)cc(C(C)=O)c1.CC(C)([CH2][Sn]([CH2]C(C)(C)c1ccccc1)([CH2]C(C)(C)c1ccccc1)[O][Sn]([CH2]C(C)(C)c1ccccc1)([CH2]C(C)(C)c1ccccc1)[CH2]C(C)(C)c1ccccc1)c1ccccc1. The molecule has 0 spiro atoms. The summed E-state index contributed by atoms with van der Waals surface area (Å²) in [5.41, 5.74) is 10.3. The van der Waals surface area contributed by atoms with E-state index in [-0.39, 0.29) is 157 Å². The van der Waals surface area contributed by atoms with Crippen LogP contribution in [0.25, 0.3) is 0 Å². The molecular weight excluding hydrogens is 1680 g/mol. The average molecular weight is 1810 g/mol.